The zero-order valence-electron chi connectivity index (χ0n) is 18.6. The van der Waals surface area contributed by atoms with Gasteiger partial charge in [-0.05, 0) is 30.0 Å². The van der Waals surface area contributed by atoms with Gasteiger partial charge in [0.1, 0.15) is 19.0 Å². The van der Waals surface area contributed by atoms with Crippen LogP contribution < -0.4 is 19.7 Å². The van der Waals surface area contributed by atoms with E-state index in [-0.39, 0.29) is 6.04 Å². The summed E-state index contributed by atoms with van der Waals surface area (Å²) < 4.78 is 19.1. The number of rotatable bonds is 7. The Morgan fingerprint density at radius 1 is 1.07 bits per heavy atom. The minimum Gasteiger partial charge on any atom is -0.486 e. The van der Waals surface area contributed by atoms with Gasteiger partial charge in [0.05, 0.1) is 18.9 Å². The van der Waals surface area contributed by atoms with Crippen LogP contribution in [0.15, 0.2) is 18.2 Å². The zero-order valence-corrected chi connectivity index (χ0v) is 18.6. The van der Waals surface area contributed by atoms with Crippen molar-refractivity contribution < 1.29 is 14.2 Å². The number of hydrogen-bond donors (Lipinski definition) is 1. The minimum absolute atomic E-state index is 0.235. The normalized spacial score (nSPS) is 17.4. The van der Waals surface area contributed by atoms with Crippen LogP contribution in [-0.2, 0) is 18.3 Å². The Hall–Kier alpha value is -2.25. The number of benzene rings is 1. The molecule has 1 atom stereocenters. The van der Waals surface area contributed by atoms with Crippen LogP contribution in [0, 0.1) is 0 Å². The molecule has 7 nitrogen and oxygen atoms in total. The lowest BCUT2D eigenvalue weighted by Crippen LogP contribution is -2.38. The summed E-state index contributed by atoms with van der Waals surface area (Å²) in [7, 11) is 2.05. The second kappa shape index (κ2) is 9.27. The van der Waals surface area contributed by atoms with Crippen LogP contribution in [0.4, 0.5) is 5.82 Å². The van der Waals surface area contributed by atoms with Crippen molar-refractivity contribution in [3.05, 3.63) is 35.0 Å². The molecule has 7 heteroatoms. The van der Waals surface area contributed by atoms with Crippen molar-refractivity contribution in [1.82, 2.24) is 15.1 Å². The third kappa shape index (κ3) is 4.27. The lowest BCUT2D eigenvalue weighted by atomic mass is 10.0. The van der Waals surface area contributed by atoms with E-state index in [9.17, 15) is 0 Å². The summed E-state index contributed by atoms with van der Waals surface area (Å²) in [5, 5.41) is 8.67. The molecule has 30 heavy (non-hydrogen) atoms. The molecule has 1 unspecified atom stereocenters. The van der Waals surface area contributed by atoms with E-state index in [0.717, 1.165) is 50.8 Å². The molecule has 0 radical (unpaired) electrons. The van der Waals surface area contributed by atoms with Crippen LogP contribution >= 0.6 is 0 Å². The Labute approximate surface area is 179 Å². The number of aromatic nitrogens is 2. The molecular formula is C23H34N4O3. The van der Waals surface area contributed by atoms with E-state index in [1.807, 2.05) is 10.7 Å². The molecule has 1 fully saturated rings. The lowest BCUT2D eigenvalue weighted by molar-refractivity contribution is 0.122. The van der Waals surface area contributed by atoms with Gasteiger partial charge in [-0.15, -0.1) is 0 Å². The number of hydrogen-bond acceptors (Lipinski definition) is 6. The Kier molecular flexibility index (Phi) is 6.49. The first-order valence-electron chi connectivity index (χ1n) is 11.1. The fourth-order valence-electron chi connectivity index (χ4n) is 4.38. The largest absolute Gasteiger partial charge is 0.486 e. The Morgan fingerprint density at radius 3 is 2.50 bits per heavy atom. The summed E-state index contributed by atoms with van der Waals surface area (Å²) in [6.07, 6.45) is 0.990. The zero-order chi connectivity index (χ0) is 21.1. The molecule has 2 aromatic rings. The maximum absolute atomic E-state index is 5.79. The number of nitrogens with one attached hydrogen (secondary N) is 1. The lowest BCUT2D eigenvalue weighted by Gasteiger charge is -2.30. The van der Waals surface area contributed by atoms with Crippen LogP contribution in [0.25, 0.3) is 0 Å². The number of ether oxygens (including phenoxy) is 3. The molecule has 0 aliphatic carbocycles. The standard InChI is InChI=1S/C23H34N4O3/c1-5-19(17-6-7-20-21(14-17)30-13-12-29-20)24-15-18-22(16(2)3)25-26(4)23(18)27-8-10-28-11-9-27/h6-7,14,16,19,24H,5,8-13,15H2,1-4H3. The van der Waals surface area contributed by atoms with Crippen molar-refractivity contribution in [2.45, 2.75) is 45.7 Å². The highest BCUT2D eigenvalue weighted by atomic mass is 16.6. The van der Waals surface area contributed by atoms with E-state index < -0.39 is 0 Å². The third-order valence-corrected chi connectivity index (χ3v) is 5.90. The van der Waals surface area contributed by atoms with Gasteiger partial charge in [-0.25, -0.2) is 0 Å². The summed E-state index contributed by atoms with van der Waals surface area (Å²) in [6, 6.07) is 6.52. The molecule has 4 rings (SSSR count). The van der Waals surface area contributed by atoms with Crippen molar-refractivity contribution in [3.63, 3.8) is 0 Å². The highest BCUT2D eigenvalue weighted by Gasteiger charge is 2.25. The summed E-state index contributed by atoms with van der Waals surface area (Å²) in [6.45, 7) is 12.0. The number of aryl methyl sites for hydroxylation is 1. The summed E-state index contributed by atoms with van der Waals surface area (Å²) in [4.78, 5) is 2.41. The van der Waals surface area contributed by atoms with E-state index in [4.69, 9.17) is 19.3 Å². The topological polar surface area (TPSA) is 60.8 Å². The SMILES string of the molecule is CCC(NCc1c(C(C)C)nn(C)c1N1CCOCC1)c1ccc2c(c1)OCCO2. The van der Waals surface area contributed by atoms with Crippen LogP contribution in [-0.4, -0.2) is 49.3 Å². The van der Waals surface area contributed by atoms with Gasteiger partial charge in [-0.3, -0.25) is 4.68 Å². The van der Waals surface area contributed by atoms with Crippen molar-refractivity contribution in [2.24, 2.45) is 7.05 Å². The molecule has 1 aromatic heterocycles. The number of fused-ring (bicyclic) bond motifs is 1. The molecule has 1 aromatic carbocycles. The first-order valence-corrected chi connectivity index (χ1v) is 11.1. The van der Waals surface area contributed by atoms with Gasteiger partial charge in [0.25, 0.3) is 0 Å². The van der Waals surface area contributed by atoms with Gasteiger partial charge in [-0.2, -0.15) is 5.10 Å². The van der Waals surface area contributed by atoms with Gasteiger partial charge in [-0.1, -0.05) is 26.8 Å². The van der Waals surface area contributed by atoms with Crippen molar-refractivity contribution in [2.75, 3.05) is 44.4 Å². The van der Waals surface area contributed by atoms with Crippen molar-refractivity contribution >= 4 is 5.82 Å². The second-order valence-corrected chi connectivity index (χ2v) is 8.31. The average Bonchev–Trinajstić information content (AvgIpc) is 3.11. The van der Waals surface area contributed by atoms with Crippen molar-refractivity contribution in [1.29, 1.82) is 0 Å². The molecule has 0 amide bonds. The predicted octanol–water partition coefficient (Wildman–Crippen LogP) is 3.39. The first kappa shape index (κ1) is 21.0. The molecule has 0 spiro atoms. The molecule has 1 N–H and O–H groups in total. The summed E-state index contributed by atoms with van der Waals surface area (Å²) in [5.41, 5.74) is 3.69. The summed E-state index contributed by atoms with van der Waals surface area (Å²) in [5.74, 6) is 3.27. The van der Waals surface area contributed by atoms with E-state index >= 15 is 0 Å². The third-order valence-electron chi connectivity index (χ3n) is 5.90. The molecule has 2 aliphatic heterocycles. The highest BCUT2D eigenvalue weighted by molar-refractivity contribution is 5.52. The Morgan fingerprint density at radius 2 is 1.80 bits per heavy atom. The highest BCUT2D eigenvalue weighted by Crippen LogP contribution is 2.34. The quantitative estimate of drug-likeness (QED) is 0.749. The Balaban J connectivity index is 1.57. The van der Waals surface area contributed by atoms with E-state index in [0.29, 0.717) is 19.1 Å². The van der Waals surface area contributed by atoms with Crippen molar-refractivity contribution in [3.8, 4) is 11.5 Å². The molecule has 0 saturated carbocycles. The smallest absolute Gasteiger partial charge is 0.161 e. The fourth-order valence-corrected chi connectivity index (χ4v) is 4.38. The number of nitrogens with zero attached hydrogens (tertiary/aromatic N) is 3. The van der Waals surface area contributed by atoms with Gasteiger partial charge in [0.15, 0.2) is 11.5 Å². The maximum Gasteiger partial charge on any atom is 0.161 e. The van der Waals surface area contributed by atoms with Crippen LogP contribution in [0.3, 0.4) is 0 Å². The van der Waals surface area contributed by atoms with E-state index in [1.165, 1.54) is 22.6 Å². The molecule has 0 bridgehead atoms. The van der Waals surface area contributed by atoms with Gasteiger partial charge in [0.2, 0.25) is 0 Å². The summed E-state index contributed by atoms with van der Waals surface area (Å²) >= 11 is 0. The second-order valence-electron chi connectivity index (χ2n) is 8.31. The molecule has 2 aliphatic rings. The Bertz CT molecular complexity index is 858. The van der Waals surface area contributed by atoms with Crippen LogP contribution in [0.1, 0.15) is 56.0 Å². The van der Waals surface area contributed by atoms with Crippen LogP contribution in [0.2, 0.25) is 0 Å². The first-order chi connectivity index (χ1) is 14.6. The molecular weight excluding hydrogens is 380 g/mol. The van der Waals surface area contributed by atoms with E-state index in [1.54, 1.807) is 0 Å². The molecule has 3 heterocycles. The maximum atomic E-state index is 5.79. The number of morpholine rings is 1. The molecule has 164 valence electrons. The van der Waals surface area contributed by atoms with Gasteiger partial charge in [0, 0.05) is 38.3 Å². The minimum atomic E-state index is 0.235. The predicted molar refractivity (Wildman–Crippen MR) is 118 cm³/mol. The number of anilines is 1. The van der Waals surface area contributed by atoms with Gasteiger partial charge >= 0.3 is 0 Å². The van der Waals surface area contributed by atoms with E-state index in [2.05, 4.69) is 50.2 Å². The average molecular weight is 415 g/mol. The monoisotopic (exact) mass is 414 g/mol. The van der Waals surface area contributed by atoms with Gasteiger partial charge < -0.3 is 24.4 Å². The fraction of sp³-hybridized carbons (Fsp3) is 0.609. The van der Waals surface area contributed by atoms with Crippen LogP contribution in [0.5, 0.6) is 11.5 Å². The molecule has 1 saturated heterocycles.